The number of ether oxygens (including phenoxy) is 1. The van der Waals surface area contributed by atoms with Gasteiger partial charge in [-0.3, -0.25) is 19.9 Å². The number of nitrogens with two attached hydrogens (primary N) is 2. The van der Waals surface area contributed by atoms with E-state index in [9.17, 15) is 18.4 Å². The predicted octanol–water partition coefficient (Wildman–Crippen LogP) is 3.77. The molecular formula is C30H45F2N8O3SV-. The van der Waals surface area contributed by atoms with E-state index in [4.69, 9.17) is 21.6 Å². The molecule has 1 aromatic rings. The first kappa shape index (κ1) is 41.5. The van der Waals surface area contributed by atoms with E-state index in [2.05, 4.69) is 32.8 Å². The molecule has 2 unspecified atom stereocenters. The molecule has 2 fully saturated rings. The Hall–Kier alpha value is -3.51. The largest absolute Gasteiger partial charge is 0.495 e. The fourth-order valence-corrected chi connectivity index (χ4v) is 4.39. The maximum atomic E-state index is 13.6. The number of anilines is 1. The minimum Gasteiger partial charge on any atom is -0.495 e. The van der Waals surface area contributed by atoms with Gasteiger partial charge in [-0.2, -0.15) is 0 Å². The topological polar surface area (TPSA) is 171 Å². The molecule has 8 N–H and O–H groups in total. The van der Waals surface area contributed by atoms with Crippen molar-refractivity contribution < 1.29 is 43.1 Å². The van der Waals surface area contributed by atoms with Crippen molar-refractivity contribution >= 4 is 40.0 Å². The number of carbonyl (C=O) groups excluding carboxylic acids is 2. The molecule has 0 bridgehead atoms. The van der Waals surface area contributed by atoms with Crippen LogP contribution in [0, 0.1) is 30.6 Å². The monoisotopic (exact) mass is 686 g/mol. The number of amides is 2. The average Bonchev–Trinajstić information content (AvgIpc) is 3.86. The van der Waals surface area contributed by atoms with Gasteiger partial charge in [0.2, 0.25) is 0 Å². The number of nitrogens with zero attached hydrogens (tertiary/aromatic N) is 2. The molecular weight excluding hydrogens is 641 g/mol. The van der Waals surface area contributed by atoms with Gasteiger partial charge in [-0.15, -0.1) is 0 Å². The zero-order valence-corrected chi connectivity index (χ0v) is 28.6. The number of rotatable bonds is 7. The Bertz CT molecular complexity index is 1330. The molecule has 1 radical (unpaired) electrons. The number of nitrogens with one attached hydrogen (secondary N) is 4. The smallest absolute Gasteiger partial charge is 0.277 e. The Kier molecular flexibility index (Phi) is 18.9. The quantitative estimate of drug-likeness (QED) is 0.0624. The van der Waals surface area contributed by atoms with Gasteiger partial charge >= 0.3 is 0 Å². The molecule has 2 aliphatic heterocycles. The molecule has 0 spiro atoms. The van der Waals surface area contributed by atoms with Gasteiger partial charge in [0.1, 0.15) is 33.9 Å². The zero-order chi connectivity index (χ0) is 32.1. The van der Waals surface area contributed by atoms with Crippen molar-refractivity contribution in [1.82, 2.24) is 20.9 Å². The van der Waals surface area contributed by atoms with Gasteiger partial charge in [0.05, 0.1) is 12.7 Å². The average molecular weight is 687 g/mol. The number of piperazine rings is 1. The number of halogens is 2. The molecule has 1 saturated carbocycles. The van der Waals surface area contributed by atoms with Crippen LogP contribution in [0.25, 0.3) is 5.57 Å². The fraction of sp³-hybridized carbons (Fsp3) is 0.433. The molecule has 0 aromatic carbocycles. The van der Waals surface area contributed by atoms with Crippen molar-refractivity contribution in [3.63, 3.8) is 0 Å². The van der Waals surface area contributed by atoms with Crippen LogP contribution in [0.4, 0.5) is 14.6 Å². The molecule has 4 rings (SSSR count). The number of carbonyl (C=O) groups is 2. The summed E-state index contributed by atoms with van der Waals surface area (Å²) in [5, 5.41) is 16.0. The van der Waals surface area contributed by atoms with E-state index in [1.807, 2.05) is 27.7 Å². The van der Waals surface area contributed by atoms with Gasteiger partial charge in [-0.1, -0.05) is 45.4 Å². The normalized spacial score (nSPS) is 18.2. The first-order valence-electron chi connectivity index (χ1n) is 14.0. The minimum atomic E-state index is -2.74. The van der Waals surface area contributed by atoms with Crippen molar-refractivity contribution in [3.8, 4) is 11.8 Å². The molecule has 11 nitrogen and oxygen atoms in total. The van der Waals surface area contributed by atoms with E-state index in [0.717, 1.165) is 30.8 Å². The van der Waals surface area contributed by atoms with Crippen LogP contribution >= 0.6 is 11.8 Å². The third-order valence-corrected chi connectivity index (χ3v) is 6.70. The maximum absolute atomic E-state index is 13.6. The number of hydrogen-bond donors (Lipinski definition) is 6. The third kappa shape index (κ3) is 11.4. The van der Waals surface area contributed by atoms with Gasteiger partial charge in [0, 0.05) is 68.7 Å². The number of allylic oxidation sites excluding steroid dienone is 1. The standard InChI is InChI=1S/C25H28F2N8O3S.2C2H6.CH3.V.H2/c1-38-19-12-32-17(22(26)27)8-15(19)14-9-21(35-7-6-31-18(10-28)24(35)37)33-11-16(14)23(36)34-25(30)39-20(29)5-4-13-2-3-13;2*1-2;;;/h8-13,17,22,25,29,31-32H,2-3,6-7,28,30H2,1H3,(H,34,36);2*1-2H3;1H3;;1H/q;;;-1;;/b18-10-,29-20?;;;;;. The van der Waals surface area contributed by atoms with Crippen LogP contribution in [0.1, 0.15) is 57.9 Å². The second-order valence-corrected chi connectivity index (χ2v) is 9.91. The summed E-state index contributed by atoms with van der Waals surface area (Å²) in [4.78, 5) is 31.9. The van der Waals surface area contributed by atoms with E-state index in [1.165, 1.54) is 36.5 Å². The van der Waals surface area contributed by atoms with Crippen molar-refractivity contribution in [3.05, 3.63) is 60.7 Å². The Morgan fingerprint density at radius 1 is 1.33 bits per heavy atom. The van der Waals surface area contributed by atoms with Crippen LogP contribution in [0.3, 0.4) is 0 Å². The van der Waals surface area contributed by atoms with Gasteiger partial charge in [0.25, 0.3) is 18.2 Å². The molecule has 15 heteroatoms. The van der Waals surface area contributed by atoms with Crippen LogP contribution in [0.15, 0.2) is 42.2 Å². The maximum Gasteiger partial charge on any atom is 0.277 e. The van der Waals surface area contributed by atoms with Crippen LogP contribution < -0.4 is 32.3 Å². The third-order valence-electron chi connectivity index (χ3n) is 5.99. The molecule has 1 aliphatic carbocycles. The van der Waals surface area contributed by atoms with Crippen LogP contribution in [-0.2, 0) is 28.1 Å². The number of aromatic nitrogens is 1. The number of pyridine rings is 1. The summed E-state index contributed by atoms with van der Waals surface area (Å²) in [6.07, 6.45) is 4.22. The number of alkyl halides is 2. The summed E-state index contributed by atoms with van der Waals surface area (Å²) in [5.41, 5.74) is 11.2. The van der Waals surface area contributed by atoms with Gasteiger partial charge < -0.3 is 39.6 Å². The van der Waals surface area contributed by atoms with E-state index < -0.39 is 29.8 Å². The second-order valence-electron chi connectivity index (χ2n) is 8.76. The van der Waals surface area contributed by atoms with Crippen LogP contribution in [0.2, 0.25) is 0 Å². The number of methoxy groups -OCH3 is 1. The molecule has 2 atom stereocenters. The summed E-state index contributed by atoms with van der Waals surface area (Å²) >= 11 is 0.869. The first-order valence-corrected chi connectivity index (χ1v) is 14.9. The molecule has 45 heavy (non-hydrogen) atoms. The summed E-state index contributed by atoms with van der Waals surface area (Å²) in [7, 11) is 1.37. The van der Waals surface area contributed by atoms with E-state index in [1.54, 1.807) is 0 Å². The molecule has 3 heterocycles. The van der Waals surface area contributed by atoms with Crippen molar-refractivity contribution in [2.45, 2.75) is 58.5 Å². The van der Waals surface area contributed by atoms with E-state index in [-0.39, 0.29) is 73.0 Å². The van der Waals surface area contributed by atoms with Crippen molar-refractivity contribution in [1.29, 1.82) is 5.41 Å². The Balaban J connectivity index is 0. The first-order chi connectivity index (χ1) is 20.7. The van der Waals surface area contributed by atoms with Crippen molar-refractivity contribution in [2.75, 3.05) is 25.1 Å². The van der Waals surface area contributed by atoms with Crippen LogP contribution in [0.5, 0.6) is 0 Å². The number of thioether (sulfide) groups is 1. The molecule has 3 aliphatic rings. The molecule has 249 valence electrons. The Labute approximate surface area is 282 Å². The molecule has 2 amide bonds. The molecule has 1 saturated heterocycles. The number of hydrogen-bond acceptors (Lipinski definition) is 10. The summed E-state index contributed by atoms with van der Waals surface area (Å²) < 4.78 is 32.6. The second kappa shape index (κ2) is 20.5. The van der Waals surface area contributed by atoms with E-state index in [0.29, 0.717) is 12.5 Å². The fourth-order valence-electron chi connectivity index (χ4n) is 3.85. The zero-order valence-electron chi connectivity index (χ0n) is 26.4. The minimum absolute atomic E-state index is 0. The Morgan fingerprint density at radius 3 is 2.58 bits per heavy atom. The SMILES string of the molecule is CC.CC.COC1=CNC(C(F)F)C=C1c1cc(N2CCN/C(=C\N)C2=O)ncc1C(=O)NC(N)SC(=N)C#CC1CC1.[CH3-].[HH].[V]. The summed E-state index contributed by atoms with van der Waals surface area (Å²) in [5.74, 6) is 5.27. The number of dihydropyridines is 1. The Morgan fingerprint density at radius 2 is 2.00 bits per heavy atom. The van der Waals surface area contributed by atoms with Gasteiger partial charge in [-0.05, 0) is 30.9 Å². The van der Waals surface area contributed by atoms with Gasteiger partial charge in [-0.25, -0.2) is 13.8 Å². The van der Waals surface area contributed by atoms with Crippen LogP contribution in [-0.4, -0.2) is 60.0 Å². The summed E-state index contributed by atoms with van der Waals surface area (Å²) in [6, 6.07) is 0.114. The predicted molar refractivity (Wildman–Crippen MR) is 175 cm³/mol. The molecule has 1 aromatic heterocycles. The summed E-state index contributed by atoms with van der Waals surface area (Å²) in [6.45, 7) is 8.66. The van der Waals surface area contributed by atoms with Crippen molar-refractivity contribution in [2.24, 2.45) is 17.4 Å². The van der Waals surface area contributed by atoms with E-state index >= 15 is 0 Å². The van der Waals surface area contributed by atoms with Gasteiger partial charge in [0.15, 0.2) is 0 Å².